The summed E-state index contributed by atoms with van der Waals surface area (Å²) in [5, 5.41) is 2.26. The summed E-state index contributed by atoms with van der Waals surface area (Å²) in [6.07, 6.45) is 6.32. The van der Waals surface area contributed by atoms with Crippen molar-refractivity contribution in [2.75, 3.05) is 0 Å². The van der Waals surface area contributed by atoms with E-state index in [4.69, 9.17) is 10.7 Å². The number of halogens is 2. The Labute approximate surface area is 197 Å². The molecule has 0 saturated carbocycles. The maximum absolute atomic E-state index is 5.72. The van der Waals surface area contributed by atoms with E-state index in [9.17, 15) is 0 Å². The van der Waals surface area contributed by atoms with Gasteiger partial charge in [-0.1, -0.05) is 74.3 Å². The van der Waals surface area contributed by atoms with E-state index in [1.165, 1.54) is 0 Å². The number of hydrogen-bond donors (Lipinski definition) is 2. The highest BCUT2D eigenvalue weighted by atomic mass is 79.9. The second-order valence-electron chi connectivity index (χ2n) is 7.43. The minimum atomic E-state index is 0.554. The maximum Gasteiger partial charge on any atom is 0.0737 e. The molecule has 0 unspecified atom stereocenters. The molecule has 31 heavy (non-hydrogen) atoms. The molecule has 0 aliphatic heterocycles. The van der Waals surface area contributed by atoms with Crippen molar-refractivity contribution < 1.29 is 0 Å². The van der Waals surface area contributed by atoms with Gasteiger partial charge in [-0.15, -0.1) is 0 Å². The van der Waals surface area contributed by atoms with E-state index in [-0.39, 0.29) is 0 Å². The van der Waals surface area contributed by atoms with E-state index in [0.717, 1.165) is 58.7 Å². The average Bonchev–Trinajstić information content (AvgIpc) is 3.20. The van der Waals surface area contributed by atoms with E-state index in [1.54, 1.807) is 0 Å². The van der Waals surface area contributed by atoms with Gasteiger partial charge in [-0.25, -0.2) is 4.98 Å². The molecule has 2 heterocycles. The molecular formula is C26H19Br2N3. The van der Waals surface area contributed by atoms with Crippen LogP contribution in [-0.2, 0) is 6.54 Å². The van der Waals surface area contributed by atoms with Crippen LogP contribution in [0.5, 0.6) is 0 Å². The molecule has 5 heteroatoms. The van der Waals surface area contributed by atoms with Gasteiger partial charge in [0.1, 0.15) is 0 Å². The molecule has 3 N–H and O–H groups in total. The molecule has 0 saturated heterocycles. The number of H-pyrrole nitrogens is 1. The van der Waals surface area contributed by atoms with Crippen LogP contribution < -0.4 is 5.73 Å². The van der Waals surface area contributed by atoms with Crippen LogP contribution in [0.25, 0.3) is 45.2 Å². The first-order valence-electron chi connectivity index (χ1n) is 9.95. The zero-order chi connectivity index (χ0) is 21.4. The Morgan fingerprint density at radius 2 is 1.61 bits per heavy atom. The first kappa shape index (κ1) is 20.2. The highest BCUT2D eigenvalue weighted by molar-refractivity contribution is 9.10. The van der Waals surface area contributed by atoms with Crippen LogP contribution in [-0.4, -0.2) is 9.97 Å². The molecule has 0 bridgehead atoms. The monoisotopic (exact) mass is 531 g/mol. The van der Waals surface area contributed by atoms with Gasteiger partial charge >= 0.3 is 0 Å². The van der Waals surface area contributed by atoms with Crippen molar-refractivity contribution in [2.45, 2.75) is 6.54 Å². The van der Waals surface area contributed by atoms with Crippen LogP contribution in [0.15, 0.2) is 81.9 Å². The number of benzene rings is 3. The molecule has 5 rings (SSSR count). The normalized spacial score (nSPS) is 11.7. The highest BCUT2D eigenvalue weighted by Crippen LogP contribution is 2.33. The van der Waals surface area contributed by atoms with Crippen LogP contribution in [0.2, 0.25) is 0 Å². The molecule has 3 aromatic carbocycles. The van der Waals surface area contributed by atoms with Crippen molar-refractivity contribution >= 4 is 65.8 Å². The molecule has 5 aromatic rings. The molecule has 0 amide bonds. The molecule has 0 radical (unpaired) electrons. The number of aromatic amines is 1. The molecule has 0 fully saturated rings. The third kappa shape index (κ3) is 4.09. The number of hydrogen-bond acceptors (Lipinski definition) is 2. The summed E-state index contributed by atoms with van der Waals surface area (Å²) in [6.45, 7) is 0.554. The second-order valence-corrected chi connectivity index (χ2v) is 9.26. The molecule has 0 aliphatic rings. The smallest absolute Gasteiger partial charge is 0.0737 e. The largest absolute Gasteiger partial charge is 0.360 e. The fourth-order valence-corrected chi connectivity index (χ4v) is 4.47. The molecule has 0 aliphatic carbocycles. The standard InChI is InChI=1S/C26H19Br2N3/c27-19-8-10-24-22(12-19)23(15-30-24)25-11-18(21-9-7-20(28)13-26(21)31-25)6-5-16-1-3-17(14-29)4-2-16/h1-13,15,30H,14,29H2/b6-5+. The van der Waals surface area contributed by atoms with Gasteiger partial charge in [0.05, 0.1) is 11.2 Å². The van der Waals surface area contributed by atoms with Gasteiger partial charge in [0.25, 0.3) is 0 Å². The quantitative estimate of drug-likeness (QED) is 0.251. The lowest BCUT2D eigenvalue weighted by atomic mass is 10.0. The van der Waals surface area contributed by atoms with Gasteiger partial charge in [0.15, 0.2) is 0 Å². The van der Waals surface area contributed by atoms with Gasteiger partial charge in [-0.05, 0) is 53.1 Å². The molecule has 0 spiro atoms. The summed E-state index contributed by atoms with van der Waals surface area (Å²) in [7, 11) is 0. The number of fused-ring (bicyclic) bond motifs is 2. The lowest BCUT2D eigenvalue weighted by Gasteiger charge is -2.08. The van der Waals surface area contributed by atoms with Crippen molar-refractivity contribution in [1.29, 1.82) is 0 Å². The third-order valence-electron chi connectivity index (χ3n) is 5.39. The third-order valence-corrected chi connectivity index (χ3v) is 6.38. The number of aromatic nitrogens is 2. The van der Waals surface area contributed by atoms with E-state index in [1.807, 2.05) is 12.3 Å². The van der Waals surface area contributed by atoms with Crippen LogP contribution in [0.3, 0.4) is 0 Å². The van der Waals surface area contributed by atoms with Gasteiger partial charge in [-0.2, -0.15) is 0 Å². The van der Waals surface area contributed by atoms with Crippen molar-refractivity contribution in [3.63, 3.8) is 0 Å². The van der Waals surface area contributed by atoms with E-state index in [2.05, 4.69) is 110 Å². The van der Waals surface area contributed by atoms with Gasteiger partial charge in [0, 0.05) is 43.5 Å². The fraction of sp³-hybridized carbons (Fsp3) is 0.0385. The van der Waals surface area contributed by atoms with Crippen LogP contribution in [0, 0.1) is 0 Å². The molecule has 2 aromatic heterocycles. The summed E-state index contributed by atoms with van der Waals surface area (Å²) in [4.78, 5) is 8.35. The van der Waals surface area contributed by atoms with Crippen molar-refractivity contribution in [3.8, 4) is 11.3 Å². The van der Waals surface area contributed by atoms with Crippen molar-refractivity contribution in [3.05, 3.63) is 98.6 Å². The van der Waals surface area contributed by atoms with Crippen molar-refractivity contribution in [1.82, 2.24) is 9.97 Å². The summed E-state index contributed by atoms with van der Waals surface area (Å²) in [5.74, 6) is 0. The zero-order valence-corrected chi connectivity index (χ0v) is 19.7. The average molecular weight is 533 g/mol. The SMILES string of the molecule is NCc1ccc(/C=C/c2cc(-c3c[nH]c4ccc(Br)cc34)nc3cc(Br)ccc23)cc1. The van der Waals surface area contributed by atoms with E-state index >= 15 is 0 Å². The summed E-state index contributed by atoms with van der Waals surface area (Å²) in [5.41, 5.74) is 13.2. The number of nitrogens with two attached hydrogens (primary N) is 1. The first-order valence-corrected chi connectivity index (χ1v) is 11.5. The summed E-state index contributed by atoms with van der Waals surface area (Å²) >= 11 is 7.18. The highest BCUT2D eigenvalue weighted by Gasteiger charge is 2.11. The molecule has 152 valence electrons. The maximum atomic E-state index is 5.72. The Hall–Kier alpha value is -2.73. The Morgan fingerprint density at radius 3 is 2.42 bits per heavy atom. The Morgan fingerprint density at radius 1 is 0.839 bits per heavy atom. The lowest BCUT2D eigenvalue weighted by Crippen LogP contribution is -1.95. The number of nitrogens with zero attached hydrogens (tertiary/aromatic N) is 1. The minimum Gasteiger partial charge on any atom is -0.360 e. The lowest BCUT2D eigenvalue weighted by molar-refractivity contribution is 1.07. The van der Waals surface area contributed by atoms with E-state index in [0.29, 0.717) is 6.54 Å². The second kappa shape index (κ2) is 8.42. The fourth-order valence-electron chi connectivity index (χ4n) is 3.76. The zero-order valence-electron chi connectivity index (χ0n) is 16.6. The van der Waals surface area contributed by atoms with Gasteiger partial charge in [-0.3, -0.25) is 0 Å². The summed E-state index contributed by atoms with van der Waals surface area (Å²) < 4.78 is 2.06. The van der Waals surface area contributed by atoms with Crippen LogP contribution >= 0.6 is 31.9 Å². The van der Waals surface area contributed by atoms with Crippen LogP contribution in [0.1, 0.15) is 16.7 Å². The minimum absolute atomic E-state index is 0.554. The topological polar surface area (TPSA) is 54.7 Å². The number of pyridine rings is 1. The predicted molar refractivity (Wildman–Crippen MR) is 138 cm³/mol. The Kier molecular flexibility index (Phi) is 5.48. The molecule has 0 atom stereocenters. The van der Waals surface area contributed by atoms with Gasteiger partial charge in [0.2, 0.25) is 0 Å². The number of nitrogens with one attached hydrogen (secondary N) is 1. The summed E-state index contributed by atoms with van der Waals surface area (Å²) in [6, 6.07) is 23.0. The van der Waals surface area contributed by atoms with Crippen LogP contribution in [0.4, 0.5) is 0 Å². The first-order chi connectivity index (χ1) is 15.1. The molecular weight excluding hydrogens is 514 g/mol. The Bertz CT molecular complexity index is 1430. The number of rotatable bonds is 4. The van der Waals surface area contributed by atoms with Crippen molar-refractivity contribution in [2.24, 2.45) is 5.73 Å². The predicted octanol–water partition coefficient (Wildman–Crippen LogP) is 7.54. The van der Waals surface area contributed by atoms with Gasteiger partial charge < -0.3 is 10.7 Å². The molecule has 3 nitrogen and oxygen atoms in total. The Balaban J connectivity index is 1.66. The van der Waals surface area contributed by atoms with E-state index < -0.39 is 0 Å².